The van der Waals surface area contributed by atoms with Crippen molar-refractivity contribution >= 4 is 22.4 Å². The Morgan fingerprint density at radius 2 is 2.12 bits per heavy atom. The fourth-order valence-electron chi connectivity index (χ4n) is 2.98. The molecule has 1 saturated heterocycles. The molecular formula is C17H23N5OS. The van der Waals surface area contributed by atoms with Crippen molar-refractivity contribution in [1.29, 1.82) is 0 Å². The predicted octanol–water partition coefficient (Wildman–Crippen LogP) is 2.93. The van der Waals surface area contributed by atoms with Gasteiger partial charge in [-0.2, -0.15) is 0 Å². The molecule has 6 nitrogen and oxygen atoms in total. The number of anilines is 1. The number of hydrogen-bond donors (Lipinski definition) is 1. The van der Waals surface area contributed by atoms with Gasteiger partial charge >= 0.3 is 0 Å². The molecule has 1 aliphatic heterocycles. The third kappa shape index (κ3) is 3.56. The standard InChI is InChI=1S/C17H23N5OS/c1-17(2,3)15(23)22-6-4-5-11(10-22)12-7-19-8-13(21-12)14-9-20-16(18)24-14/h7-9,11H,4-6,10H2,1-3H3,(H2,18,20)/t11-/m1/s1. The zero-order valence-corrected chi connectivity index (χ0v) is 15.1. The fourth-order valence-corrected chi connectivity index (χ4v) is 3.62. The molecule has 0 aliphatic carbocycles. The Balaban J connectivity index is 1.80. The van der Waals surface area contributed by atoms with Gasteiger partial charge in [-0.15, -0.1) is 0 Å². The number of rotatable bonds is 2. The van der Waals surface area contributed by atoms with Crippen LogP contribution >= 0.6 is 11.3 Å². The predicted molar refractivity (Wildman–Crippen MR) is 95.6 cm³/mol. The van der Waals surface area contributed by atoms with Gasteiger partial charge in [0.15, 0.2) is 5.13 Å². The first kappa shape index (κ1) is 16.8. The topological polar surface area (TPSA) is 85.0 Å². The molecule has 128 valence electrons. The van der Waals surface area contributed by atoms with Gasteiger partial charge < -0.3 is 10.6 Å². The van der Waals surface area contributed by atoms with Crippen LogP contribution in [-0.4, -0.2) is 38.8 Å². The summed E-state index contributed by atoms with van der Waals surface area (Å²) < 4.78 is 0. The van der Waals surface area contributed by atoms with E-state index in [1.807, 2.05) is 31.9 Å². The van der Waals surface area contributed by atoms with Crippen molar-refractivity contribution in [2.24, 2.45) is 5.41 Å². The maximum Gasteiger partial charge on any atom is 0.227 e. The van der Waals surface area contributed by atoms with Crippen molar-refractivity contribution in [1.82, 2.24) is 19.9 Å². The van der Waals surface area contributed by atoms with E-state index >= 15 is 0 Å². The average molecular weight is 345 g/mol. The van der Waals surface area contributed by atoms with Gasteiger partial charge in [-0.05, 0) is 12.8 Å². The molecule has 24 heavy (non-hydrogen) atoms. The van der Waals surface area contributed by atoms with Gasteiger partial charge in [-0.3, -0.25) is 9.78 Å². The maximum absolute atomic E-state index is 12.6. The normalized spacial score (nSPS) is 18.6. The summed E-state index contributed by atoms with van der Waals surface area (Å²) in [4.78, 5) is 28.6. The van der Waals surface area contributed by atoms with Crippen molar-refractivity contribution in [3.63, 3.8) is 0 Å². The molecule has 3 rings (SSSR count). The molecule has 3 heterocycles. The molecule has 1 aliphatic rings. The number of nitrogen functional groups attached to an aromatic ring is 1. The minimum Gasteiger partial charge on any atom is -0.375 e. The maximum atomic E-state index is 12.6. The Morgan fingerprint density at radius 3 is 2.79 bits per heavy atom. The second-order valence-corrected chi connectivity index (χ2v) is 8.29. The quantitative estimate of drug-likeness (QED) is 0.904. The highest BCUT2D eigenvalue weighted by Gasteiger charge is 2.32. The lowest BCUT2D eigenvalue weighted by Gasteiger charge is -2.36. The Bertz CT molecular complexity index is 737. The van der Waals surface area contributed by atoms with E-state index in [1.54, 1.807) is 12.4 Å². The van der Waals surface area contributed by atoms with E-state index in [9.17, 15) is 4.79 Å². The van der Waals surface area contributed by atoms with Crippen LogP contribution in [-0.2, 0) is 4.79 Å². The summed E-state index contributed by atoms with van der Waals surface area (Å²) in [7, 11) is 0. The van der Waals surface area contributed by atoms with Gasteiger partial charge in [-0.1, -0.05) is 32.1 Å². The number of thiazole rings is 1. The van der Waals surface area contributed by atoms with Gasteiger partial charge in [0.2, 0.25) is 5.91 Å². The van der Waals surface area contributed by atoms with Gasteiger partial charge in [0, 0.05) is 36.8 Å². The summed E-state index contributed by atoms with van der Waals surface area (Å²) >= 11 is 1.40. The molecule has 0 spiro atoms. The summed E-state index contributed by atoms with van der Waals surface area (Å²) in [6.45, 7) is 7.43. The summed E-state index contributed by atoms with van der Waals surface area (Å²) in [6.07, 6.45) is 7.29. The third-order valence-electron chi connectivity index (χ3n) is 4.20. The van der Waals surface area contributed by atoms with Gasteiger partial charge in [0.05, 0.1) is 16.8 Å². The second kappa shape index (κ2) is 6.47. The molecule has 1 amide bonds. The smallest absolute Gasteiger partial charge is 0.227 e. The summed E-state index contributed by atoms with van der Waals surface area (Å²) in [5.74, 6) is 0.425. The third-order valence-corrected chi connectivity index (χ3v) is 5.05. The molecule has 2 aromatic heterocycles. The Hall–Kier alpha value is -2.02. The van der Waals surface area contributed by atoms with Crippen LogP contribution in [0.25, 0.3) is 10.6 Å². The van der Waals surface area contributed by atoms with Crippen molar-refractivity contribution in [2.45, 2.75) is 39.5 Å². The lowest BCUT2D eigenvalue weighted by Crippen LogP contribution is -2.44. The van der Waals surface area contributed by atoms with E-state index in [1.165, 1.54) is 11.3 Å². The van der Waals surface area contributed by atoms with E-state index in [4.69, 9.17) is 10.7 Å². The summed E-state index contributed by atoms with van der Waals surface area (Å²) in [5, 5.41) is 0.525. The molecule has 0 saturated carbocycles. The number of carbonyl (C=O) groups is 1. The number of piperidine rings is 1. The lowest BCUT2D eigenvalue weighted by molar-refractivity contribution is -0.140. The Labute approximate surface area is 146 Å². The highest BCUT2D eigenvalue weighted by Crippen LogP contribution is 2.31. The number of nitrogens with two attached hydrogens (primary N) is 1. The highest BCUT2D eigenvalue weighted by molar-refractivity contribution is 7.18. The van der Waals surface area contributed by atoms with E-state index in [0.29, 0.717) is 11.7 Å². The SMILES string of the molecule is CC(C)(C)C(=O)N1CCC[C@@H](c2cncc(-c3cnc(N)s3)n2)C1. The van der Waals surface area contributed by atoms with Gasteiger partial charge in [0.1, 0.15) is 5.69 Å². The van der Waals surface area contributed by atoms with E-state index in [-0.39, 0.29) is 17.2 Å². The van der Waals surface area contributed by atoms with Crippen molar-refractivity contribution in [2.75, 3.05) is 18.8 Å². The number of hydrogen-bond acceptors (Lipinski definition) is 6. The van der Waals surface area contributed by atoms with Crippen LogP contribution in [0, 0.1) is 5.41 Å². The van der Waals surface area contributed by atoms with E-state index in [2.05, 4.69) is 9.97 Å². The van der Waals surface area contributed by atoms with Crippen LogP contribution in [0.5, 0.6) is 0 Å². The molecule has 1 fully saturated rings. The van der Waals surface area contributed by atoms with Crippen molar-refractivity contribution < 1.29 is 4.79 Å². The van der Waals surface area contributed by atoms with Crippen LogP contribution < -0.4 is 5.73 Å². The minimum atomic E-state index is -0.352. The first-order chi connectivity index (χ1) is 11.3. The minimum absolute atomic E-state index is 0.201. The molecule has 2 aromatic rings. The first-order valence-corrected chi connectivity index (χ1v) is 8.99. The number of amides is 1. The van der Waals surface area contributed by atoms with Gasteiger partial charge in [0.25, 0.3) is 0 Å². The van der Waals surface area contributed by atoms with Crippen LogP contribution in [0.1, 0.15) is 45.2 Å². The molecule has 1 atom stereocenters. The van der Waals surface area contributed by atoms with E-state index in [0.717, 1.165) is 35.7 Å². The fraction of sp³-hybridized carbons (Fsp3) is 0.529. The molecule has 2 N–H and O–H groups in total. The highest BCUT2D eigenvalue weighted by atomic mass is 32.1. The largest absolute Gasteiger partial charge is 0.375 e. The van der Waals surface area contributed by atoms with Crippen molar-refractivity contribution in [3.8, 4) is 10.6 Å². The van der Waals surface area contributed by atoms with Crippen molar-refractivity contribution in [3.05, 3.63) is 24.3 Å². The number of likely N-dealkylation sites (tertiary alicyclic amines) is 1. The Morgan fingerprint density at radius 1 is 1.33 bits per heavy atom. The number of nitrogens with zero attached hydrogens (tertiary/aromatic N) is 4. The number of carbonyl (C=O) groups excluding carboxylic acids is 1. The molecule has 0 bridgehead atoms. The molecule has 0 aromatic carbocycles. The monoisotopic (exact) mass is 345 g/mol. The summed E-state index contributed by atoms with van der Waals surface area (Å²) in [5.41, 5.74) is 7.08. The lowest BCUT2D eigenvalue weighted by atomic mass is 9.90. The zero-order valence-electron chi connectivity index (χ0n) is 14.3. The van der Waals surface area contributed by atoms with Crippen LogP contribution in [0.4, 0.5) is 5.13 Å². The molecular weight excluding hydrogens is 322 g/mol. The molecule has 0 radical (unpaired) electrons. The Kier molecular flexibility index (Phi) is 4.54. The second-order valence-electron chi connectivity index (χ2n) is 7.23. The molecule has 0 unspecified atom stereocenters. The van der Waals surface area contributed by atoms with Gasteiger partial charge in [-0.25, -0.2) is 9.97 Å². The van der Waals surface area contributed by atoms with Crippen LogP contribution in [0.15, 0.2) is 18.6 Å². The molecule has 7 heteroatoms. The van der Waals surface area contributed by atoms with E-state index < -0.39 is 0 Å². The summed E-state index contributed by atoms with van der Waals surface area (Å²) in [6, 6.07) is 0. The first-order valence-electron chi connectivity index (χ1n) is 8.17. The average Bonchev–Trinajstić information content (AvgIpc) is 3.00. The zero-order chi connectivity index (χ0) is 17.3. The number of aromatic nitrogens is 3. The van der Waals surface area contributed by atoms with Crippen LogP contribution in [0.3, 0.4) is 0 Å². The van der Waals surface area contributed by atoms with Crippen LogP contribution in [0.2, 0.25) is 0 Å².